The van der Waals surface area contributed by atoms with Gasteiger partial charge in [0.05, 0.1) is 0 Å². The van der Waals surface area contributed by atoms with E-state index in [1.807, 2.05) is 13.0 Å². The zero-order chi connectivity index (χ0) is 25.2. The smallest absolute Gasteiger partial charge is 0.248 e. The van der Waals surface area contributed by atoms with E-state index in [2.05, 4.69) is 15.5 Å². The Labute approximate surface area is 201 Å². The van der Waals surface area contributed by atoms with Gasteiger partial charge in [0.15, 0.2) is 10.7 Å². The van der Waals surface area contributed by atoms with Crippen molar-refractivity contribution in [3.63, 3.8) is 0 Å². The number of benzene rings is 1. The maximum absolute atomic E-state index is 13.9. The number of aromatic nitrogens is 2. The molecule has 3 heterocycles. The number of pyridine rings is 1. The van der Waals surface area contributed by atoms with E-state index in [-0.39, 0.29) is 46.8 Å². The Kier molecular flexibility index (Phi) is 7.08. The van der Waals surface area contributed by atoms with Gasteiger partial charge in [-0.15, -0.1) is 0 Å². The number of carbonyl (C=O) groups excluding carboxylic acids is 1. The monoisotopic (exact) mass is 502 g/mol. The third-order valence-electron chi connectivity index (χ3n) is 5.80. The van der Waals surface area contributed by atoms with Crippen molar-refractivity contribution in [2.75, 3.05) is 18.4 Å². The second-order valence-corrected chi connectivity index (χ2v) is 10.2. The maximum Gasteiger partial charge on any atom is 0.248 e. The van der Waals surface area contributed by atoms with Crippen LogP contribution in [0, 0.1) is 31.4 Å². The maximum atomic E-state index is 13.9. The van der Waals surface area contributed by atoms with Crippen molar-refractivity contribution in [3.05, 3.63) is 70.7 Å². The van der Waals surface area contributed by atoms with Gasteiger partial charge in [0, 0.05) is 36.8 Å². The normalized spacial score (nSPS) is 15.5. The Hall–Kier alpha value is -3.44. The van der Waals surface area contributed by atoms with Crippen molar-refractivity contribution in [1.82, 2.24) is 14.4 Å². The van der Waals surface area contributed by atoms with E-state index in [4.69, 9.17) is 4.52 Å². The van der Waals surface area contributed by atoms with Gasteiger partial charge < -0.3 is 9.84 Å². The molecular weight excluding hydrogens is 478 g/mol. The van der Waals surface area contributed by atoms with Crippen LogP contribution in [0.2, 0.25) is 0 Å². The Bertz CT molecular complexity index is 1360. The predicted octanol–water partition coefficient (Wildman–Crippen LogP) is 4.17. The lowest BCUT2D eigenvalue weighted by atomic mass is 9.97. The van der Waals surface area contributed by atoms with Gasteiger partial charge in [0.25, 0.3) is 0 Å². The number of hydrogen-bond donors (Lipinski definition) is 1. The number of carbonyl (C=O) groups is 1. The molecule has 3 aromatic rings. The SMILES string of the molecule is Cc1ccc(NC(=O)C2CCN(S(=O)(=O)c3c(C)noc3/C=C/c3ccc(F)cc3F)CC2)nc1. The van der Waals surface area contributed by atoms with Crippen LogP contribution in [-0.2, 0) is 14.8 Å². The summed E-state index contributed by atoms with van der Waals surface area (Å²) >= 11 is 0. The van der Waals surface area contributed by atoms with E-state index in [1.165, 1.54) is 29.4 Å². The van der Waals surface area contributed by atoms with Crippen LogP contribution in [0.25, 0.3) is 12.2 Å². The van der Waals surface area contributed by atoms with Crippen LogP contribution in [-0.4, -0.2) is 41.9 Å². The molecule has 1 saturated heterocycles. The third-order valence-corrected chi connectivity index (χ3v) is 7.85. The number of piperidine rings is 1. The van der Waals surface area contributed by atoms with E-state index >= 15 is 0 Å². The second kappa shape index (κ2) is 10.0. The topological polar surface area (TPSA) is 105 Å². The van der Waals surface area contributed by atoms with Crippen molar-refractivity contribution in [2.45, 2.75) is 31.6 Å². The molecule has 4 rings (SSSR count). The molecule has 35 heavy (non-hydrogen) atoms. The molecule has 1 N–H and O–H groups in total. The molecule has 0 bridgehead atoms. The number of halogens is 2. The molecule has 0 radical (unpaired) electrons. The Morgan fingerprint density at radius 1 is 1.14 bits per heavy atom. The highest BCUT2D eigenvalue weighted by molar-refractivity contribution is 7.89. The van der Waals surface area contributed by atoms with Gasteiger partial charge >= 0.3 is 0 Å². The first-order chi connectivity index (χ1) is 16.6. The summed E-state index contributed by atoms with van der Waals surface area (Å²) in [5.41, 5.74) is 1.20. The van der Waals surface area contributed by atoms with Crippen LogP contribution in [0.3, 0.4) is 0 Å². The number of nitrogens with one attached hydrogen (secondary N) is 1. The summed E-state index contributed by atoms with van der Waals surface area (Å²) in [5, 5.41) is 6.54. The van der Waals surface area contributed by atoms with Gasteiger partial charge in [-0.1, -0.05) is 11.2 Å². The minimum absolute atomic E-state index is 0.0588. The van der Waals surface area contributed by atoms with Gasteiger partial charge in [0.2, 0.25) is 15.9 Å². The second-order valence-electron chi connectivity index (χ2n) is 8.35. The molecule has 2 aromatic heterocycles. The molecule has 1 fully saturated rings. The van der Waals surface area contributed by atoms with Gasteiger partial charge in [-0.2, -0.15) is 4.31 Å². The number of nitrogens with zero attached hydrogens (tertiary/aromatic N) is 3. The first kappa shape index (κ1) is 24.7. The van der Waals surface area contributed by atoms with Crippen LogP contribution < -0.4 is 5.32 Å². The fourth-order valence-corrected chi connectivity index (χ4v) is 5.58. The first-order valence-electron chi connectivity index (χ1n) is 11.0. The fraction of sp³-hybridized carbons (Fsp3) is 0.292. The molecule has 0 spiro atoms. The average Bonchev–Trinajstić information content (AvgIpc) is 3.21. The lowest BCUT2D eigenvalue weighted by Gasteiger charge is -2.30. The van der Waals surface area contributed by atoms with Crippen molar-refractivity contribution in [1.29, 1.82) is 0 Å². The highest BCUT2D eigenvalue weighted by Gasteiger charge is 2.36. The summed E-state index contributed by atoms with van der Waals surface area (Å²) in [6.45, 7) is 3.68. The lowest BCUT2D eigenvalue weighted by Crippen LogP contribution is -2.41. The molecule has 0 aliphatic carbocycles. The number of aryl methyl sites for hydroxylation is 2. The van der Waals surface area contributed by atoms with E-state index in [0.29, 0.717) is 18.7 Å². The van der Waals surface area contributed by atoms with Crippen LogP contribution in [0.5, 0.6) is 0 Å². The fourth-order valence-electron chi connectivity index (χ4n) is 3.86. The standard InChI is InChI=1S/C24H24F2N4O4S/c1-15-3-8-22(27-14-15)28-24(31)18-9-11-30(12-10-18)35(32,33)23-16(2)29-34-21(23)7-5-17-4-6-19(25)13-20(17)26/h3-8,13-14,18H,9-12H2,1-2H3,(H,27,28,31)/b7-5+. The molecule has 0 unspecified atom stereocenters. The highest BCUT2D eigenvalue weighted by atomic mass is 32.2. The summed E-state index contributed by atoms with van der Waals surface area (Å²) in [6, 6.07) is 6.63. The molecule has 0 saturated carbocycles. The highest BCUT2D eigenvalue weighted by Crippen LogP contribution is 2.29. The number of amides is 1. The predicted molar refractivity (Wildman–Crippen MR) is 126 cm³/mol. The molecule has 1 aromatic carbocycles. The zero-order valence-corrected chi connectivity index (χ0v) is 20.0. The Morgan fingerprint density at radius 3 is 2.54 bits per heavy atom. The molecule has 11 heteroatoms. The Morgan fingerprint density at radius 2 is 1.89 bits per heavy atom. The first-order valence-corrected chi connectivity index (χ1v) is 12.4. The number of sulfonamides is 1. The van der Waals surface area contributed by atoms with E-state index < -0.39 is 21.7 Å². The molecule has 8 nitrogen and oxygen atoms in total. The summed E-state index contributed by atoms with van der Waals surface area (Å²) < 4.78 is 60.3. The summed E-state index contributed by atoms with van der Waals surface area (Å²) in [7, 11) is -3.99. The van der Waals surface area contributed by atoms with E-state index in [0.717, 1.165) is 17.7 Å². The third kappa shape index (κ3) is 5.46. The summed E-state index contributed by atoms with van der Waals surface area (Å²) in [4.78, 5) is 16.7. The van der Waals surface area contributed by atoms with Gasteiger partial charge in [-0.05, 0) is 62.6 Å². The summed E-state index contributed by atoms with van der Waals surface area (Å²) in [5.74, 6) is -1.67. The van der Waals surface area contributed by atoms with Crippen molar-refractivity contribution in [3.8, 4) is 0 Å². The van der Waals surface area contributed by atoms with Crippen LogP contribution >= 0.6 is 0 Å². The quantitative estimate of drug-likeness (QED) is 0.542. The zero-order valence-electron chi connectivity index (χ0n) is 19.2. The Balaban J connectivity index is 1.46. The number of rotatable bonds is 6. The molecule has 0 atom stereocenters. The summed E-state index contributed by atoms with van der Waals surface area (Å²) in [6.07, 6.45) is 4.92. The number of hydrogen-bond acceptors (Lipinski definition) is 6. The van der Waals surface area contributed by atoms with Crippen LogP contribution in [0.15, 0.2) is 45.9 Å². The van der Waals surface area contributed by atoms with Gasteiger partial charge in [-0.25, -0.2) is 22.2 Å². The largest absolute Gasteiger partial charge is 0.355 e. The molecule has 1 aliphatic rings. The van der Waals surface area contributed by atoms with Crippen LogP contribution in [0.1, 0.15) is 35.4 Å². The molecular formula is C24H24F2N4O4S. The molecule has 1 amide bonds. The van der Waals surface area contributed by atoms with E-state index in [9.17, 15) is 22.0 Å². The average molecular weight is 503 g/mol. The van der Waals surface area contributed by atoms with Crippen molar-refractivity contribution < 1.29 is 26.5 Å². The lowest BCUT2D eigenvalue weighted by molar-refractivity contribution is -0.120. The van der Waals surface area contributed by atoms with E-state index in [1.54, 1.807) is 12.3 Å². The van der Waals surface area contributed by atoms with Gasteiger partial charge in [-0.3, -0.25) is 4.79 Å². The molecule has 184 valence electrons. The molecule has 1 aliphatic heterocycles. The minimum Gasteiger partial charge on any atom is -0.355 e. The van der Waals surface area contributed by atoms with Crippen molar-refractivity contribution >= 4 is 33.9 Å². The van der Waals surface area contributed by atoms with Crippen LogP contribution in [0.4, 0.5) is 14.6 Å². The minimum atomic E-state index is -3.99. The van der Waals surface area contributed by atoms with Gasteiger partial charge in [0.1, 0.15) is 23.1 Å². The number of anilines is 1. The van der Waals surface area contributed by atoms with Crippen molar-refractivity contribution in [2.24, 2.45) is 5.92 Å².